The molecule has 0 fully saturated rings. The Bertz CT molecular complexity index is 871. The smallest absolute Gasteiger partial charge is 0.303 e. The van der Waals surface area contributed by atoms with Gasteiger partial charge in [0.25, 0.3) is 11.8 Å². The Balaban J connectivity index is 2.16. The highest BCUT2D eigenvalue weighted by atomic mass is 32.1. The molecule has 2 heterocycles. The molecule has 1 unspecified atom stereocenters. The highest BCUT2D eigenvalue weighted by Crippen LogP contribution is 2.40. The summed E-state index contributed by atoms with van der Waals surface area (Å²) in [4.78, 5) is 39.3. The summed E-state index contributed by atoms with van der Waals surface area (Å²) < 4.78 is 0. The van der Waals surface area contributed by atoms with E-state index in [0.717, 1.165) is 12.8 Å². The molecule has 0 radical (unpaired) electrons. The molecule has 3 N–H and O–H groups in total. The van der Waals surface area contributed by atoms with Crippen LogP contribution in [0.25, 0.3) is 0 Å². The summed E-state index contributed by atoms with van der Waals surface area (Å²) in [6.07, 6.45) is 5.09. The van der Waals surface area contributed by atoms with E-state index >= 15 is 0 Å². The molecule has 0 saturated carbocycles. The molecule has 0 saturated heterocycles. The summed E-state index contributed by atoms with van der Waals surface area (Å²) >= 11 is 1.87. The van der Waals surface area contributed by atoms with Crippen molar-refractivity contribution in [2.24, 2.45) is 11.1 Å². The van der Waals surface area contributed by atoms with Crippen LogP contribution in [0.1, 0.15) is 82.5 Å². The topological polar surface area (TPSA) is 101 Å². The van der Waals surface area contributed by atoms with E-state index in [0.29, 0.717) is 12.8 Å². The molecule has 0 bridgehead atoms. The molecule has 7 heteroatoms. The zero-order valence-corrected chi connectivity index (χ0v) is 21.1. The number of rotatable bonds is 10. The monoisotopic (exact) mass is 462 g/mol. The number of carbonyl (C=O) groups excluding carboxylic acids is 2. The number of aryl methyl sites for hydroxylation is 1. The Morgan fingerprint density at radius 1 is 1.03 bits per heavy atom. The third-order valence-corrected chi connectivity index (χ3v) is 8.14. The zero-order chi connectivity index (χ0) is 24.3. The van der Waals surface area contributed by atoms with Crippen molar-refractivity contribution in [3.05, 3.63) is 33.5 Å². The number of nitrogens with zero attached hydrogens (tertiary/aromatic N) is 1. The van der Waals surface area contributed by atoms with Crippen LogP contribution in [-0.2, 0) is 31.6 Å². The van der Waals surface area contributed by atoms with Gasteiger partial charge in [0.15, 0.2) is 0 Å². The second-order valence-corrected chi connectivity index (χ2v) is 12.1. The number of imide groups is 1. The predicted molar refractivity (Wildman–Crippen MR) is 129 cm³/mol. The number of carboxylic acid groups (broad SMARTS) is 1. The van der Waals surface area contributed by atoms with Crippen molar-refractivity contribution in [3.8, 4) is 0 Å². The van der Waals surface area contributed by atoms with Crippen LogP contribution in [0.3, 0.4) is 0 Å². The first-order valence-electron chi connectivity index (χ1n) is 11.3. The molecule has 2 rings (SSSR count). The van der Waals surface area contributed by atoms with Gasteiger partial charge < -0.3 is 10.8 Å². The fourth-order valence-electron chi connectivity index (χ4n) is 4.17. The normalized spacial score (nSPS) is 16.7. The number of aliphatic carboxylic acids is 1. The summed E-state index contributed by atoms with van der Waals surface area (Å²) in [5.74, 6) is -1.60. The molecule has 2 amide bonds. The molecule has 1 aromatic heterocycles. The minimum atomic E-state index is -0.909. The Labute approximate surface area is 195 Å². The van der Waals surface area contributed by atoms with Crippen molar-refractivity contribution in [1.82, 2.24) is 4.90 Å². The number of hydrogen-bond donors (Lipinski definition) is 2. The maximum Gasteiger partial charge on any atom is 0.303 e. The first-order chi connectivity index (χ1) is 14.7. The van der Waals surface area contributed by atoms with E-state index in [2.05, 4.69) is 47.6 Å². The second kappa shape index (κ2) is 9.87. The quantitative estimate of drug-likeness (QED) is 0.502. The van der Waals surface area contributed by atoms with Gasteiger partial charge in [0.2, 0.25) is 0 Å². The Morgan fingerprint density at radius 2 is 1.62 bits per heavy atom. The number of carboxylic acids is 1. The van der Waals surface area contributed by atoms with E-state index in [-0.39, 0.29) is 42.2 Å². The van der Waals surface area contributed by atoms with Gasteiger partial charge in [0, 0.05) is 28.5 Å². The Kier molecular flexibility index (Phi) is 8.10. The van der Waals surface area contributed by atoms with Crippen molar-refractivity contribution < 1.29 is 19.5 Å². The standard InChI is InChI=1S/C25H38N2O4S/c1-23(2,3)18-14-17(22(32-18)24(4,5)6)8-7-11-25(16-26,15-21(30)31)12-13-27-19(28)9-10-20(27)29/h9-10,14H,7-8,11-13,15-16,26H2,1-6H3,(H,30,31). The van der Waals surface area contributed by atoms with Crippen LogP contribution >= 0.6 is 11.3 Å². The molecule has 32 heavy (non-hydrogen) atoms. The van der Waals surface area contributed by atoms with Crippen molar-refractivity contribution in [1.29, 1.82) is 0 Å². The summed E-state index contributed by atoms with van der Waals surface area (Å²) in [6.45, 7) is 13.7. The van der Waals surface area contributed by atoms with Gasteiger partial charge in [-0.05, 0) is 60.1 Å². The Morgan fingerprint density at radius 3 is 2.09 bits per heavy atom. The molecule has 1 aromatic rings. The van der Waals surface area contributed by atoms with Crippen LogP contribution in [0, 0.1) is 5.41 Å². The summed E-state index contributed by atoms with van der Waals surface area (Å²) in [6, 6.07) is 2.31. The lowest BCUT2D eigenvalue weighted by Crippen LogP contribution is -2.39. The second-order valence-electron chi connectivity index (χ2n) is 11.0. The first kappa shape index (κ1) is 26.3. The Hall–Kier alpha value is -1.99. The number of carbonyl (C=O) groups is 3. The van der Waals surface area contributed by atoms with Gasteiger partial charge in [-0.15, -0.1) is 11.3 Å². The van der Waals surface area contributed by atoms with Crippen molar-refractivity contribution in [3.63, 3.8) is 0 Å². The number of thiophene rings is 1. The van der Waals surface area contributed by atoms with Gasteiger partial charge in [-0.25, -0.2) is 0 Å². The molecular formula is C25H38N2O4S. The minimum Gasteiger partial charge on any atom is -0.481 e. The number of nitrogens with two attached hydrogens (primary N) is 1. The summed E-state index contributed by atoms with van der Waals surface area (Å²) in [5, 5.41) is 9.52. The van der Waals surface area contributed by atoms with Crippen LogP contribution in [0.15, 0.2) is 18.2 Å². The lowest BCUT2D eigenvalue weighted by molar-refractivity contribution is -0.140. The molecule has 1 aliphatic rings. The maximum atomic E-state index is 11.9. The van der Waals surface area contributed by atoms with Crippen LogP contribution in [0.2, 0.25) is 0 Å². The van der Waals surface area contributed by atoms with E-state index < -0.39 is 11.4 Å². The van der Waals surface area contributed by atoms with Crippen LogP contribution in [0.5, 0.6) is 0 Å². The average molecular weight is 463 g/mol. The van der Waals surface area contributed by atoms with Crippen molar-refractivity contribution >= 4 is 29.1 Å². The van der Waals surface area contributed by atoms with Gasteiger partial charge in [0.1, 0.15) is 0 Å². The predicted octanol–water partition coefficient (Wildman–Crippen LogP) is 4.40. The zero-order valence-electron chi connectivity index (χ0n) is 20.3. The summed E-state index contributed by atoms with van der Waals surface area (Å²) in [7, 11) is 0. The van der Waals surface area contributed by atoms with Crippen molar-refractivity contribution in [2.75, 3.05) is 13.1 Å². The van der Waals surface area contributed by atoms with E-state index in [4.69, 9.17) is 5.73 Å². The third-order valence-electron chi connectivity index (χ3n) is 6.11. The largest absolute Gasteiger partial charge is 0.481 e. The highest BCUT2D eigenvalue weighted by Gasteiger charge is 2.34. The fraction of sp³-hybridized carbons (Fsp3) is 0.640. The van der Waals surface area contributed by atoms with E-state index in [1.807, 2.05) is 11.3 Å². The van der Waals surface area contributed by atoms with Gasteiger partial charge in [0.05, 0.1) is 6.42 Å². The first-order valence-corrected chi connectivity index (χ1v) is 12.1. The fourth-order valence-corrected chi connectivity index (χ4v) is 5.50. The molecule has 1 atom stereocenters. The van der Waals surface area contributed by atoms with Crippen LogP contribution < -0.4 is 5.73 Å². The minimum absolute atomic E-state index is 0.0407. The maximum absolute atomic E-state index is 11.9. The lowest BCUT2D eigenvalue weighted by Gasteiger charge is -2.32. The molecule has 6 nitrogen and oxygen atoms in total. The lowest BCUT2D eigenvalue weighted by atomic mass is 9.76. The molecule has 178 valence electrons. The molecule has 0 aliphatic carbocycles. The van der Waals surface area contributed by atoms with Gasteiger partial charge in [-0.3, -0.25) is 19.3 Å². The van der Waals surface area contributed by atoms with Gasteiger partial charge in [-0.2, -0.15) is 0 Å². The SMILES string of the molecule is CC(C)(C)c1cc(CCCC(CN)(CCN2C(=O)C=CC2=O)CC(=O)O)c(C(C)(C)C)s1. The van der Waals surface area contributed by atoms with Crippen molar-refractivity contribution in [2.45, 2.75) is 84.5 Å². The number of hydrogen-bond acceptors (Lipinski definition) is 5. The van der Waals surface area contributed by atoms with Crippen LogP contribution in [0.4, 0.5) is 0 Å². The number of amides is 2. The van der Waals surface area contributed by atoms with Crippen LogP contribution in [-0.4, -0.2) is 40.9 Å². The third kappa shape index (κ3) is 6.51. The highest BCUT2D eigenvalue weighted by molar-refractivity contribution is 7.12. The van der Waals surface area contributed by atoms with E-state index in [9.17, 15) is 19.5 Å². The molecule has 0 spiro atoms. The molecule has 1 aliphatic heterocycles. The van der Waals surface area contributed by atoms with Gasteiger partial charge >= 0.3 is 5.97 Å². The summed E-state index contributed by atoms with van der Waals surface area (Å²) in [5.41, 5.74) is 6.87. The molecular weight excluding hydrogens is 424 g/mol. The van der Waals surface area contributed by atoms with E-state index in [1.54, 1.807) is 0 Å². The van der Waals surface area contributed by atoms with Gasteiger partial charge in [-0.1, -0.05) is 41.5 Å². The average Bonchev–Trinajstić information content (AvgIpc) is 3.23. The van der Waals surface area contributed by atoms with E-state index in [1.165, 1.54) is 32.4 Å². The molecule has 0 aromatic carbocycles.